The van der Waals surface area contributed by atoms with Crippen molar-refractivity contribution in [2.45, 2.75) is 22.7 Å². The van der Waals surface area contributed by atoms with Gasteiger partial charge in [-0.2, -0.15) is 0 Å². The number of hydrogen-bond acceptors (Lipinski definition) is 10. The summed E-state index contributed by atoms with van der Waals surface area (Å²) < 4.78 is 32.4. The van der Waals surface area contributed by atoms with Gasteiger partial charge in [0.2, 0.25) is 0 Å². The van der Waals surface area contributed by atoms with Gasteiger partial charge in [0, 0.05) is 29.7 Å². The van der Waals surface area contributed by atoms with Crippen LogP contribution in [-0.4, -0.2) is 100 Å². The van der Waals surface area contributed by atoms with Crippen LogP contribution in [0.15, 0.2) is 46.6 Å². The predicted octanol–water partition coefficient (Wildman–Crippen LogP) is 4.38. The van der Waals surface area contributed by atoms with E-state index in [1.54, 1.807) is 30.6 Å². The number of imidazole rings is 1. The van der Waals surface area contributed by atoms with E-state index in [9.17, 15) is 0 Å². The molecule has 0 amide bonds. The molecule has 9 nitrogen and oxygen atoms in total. The minimum Gasteiger partial charge on any atom is -0.382 e. The first-order chi connectivity index (χ1) is 18.8. The number of fused-ring (bicyclic) bond motifs is 1. The Balaban J connectivity index is 1.16. The fourth-order valence-electron chi connectivity index (χ4n) is 3.33. The average molecular weight is 566 g/mol. The normalized spacial score (nSPS) is 11.5. The van der Waals surface area contributed by atoms with Gasteiger partial charge in [0.05, 0.1) is 89.4 Å². The van der Waals surface area contributed by atoms with Crippen LogP contribution in [0.2, 0.25) is 0 Å². The summed E-state index contributed by atoms with van der Waals surface area (Å²) in [5.41, 5.74) is 4.33. The number of ether oxygens (including phenoxy) is 6. The van der Waals surface area contributed by atoms with Crippen LogP contribution in [0.25, 0.3) is 11.0 Å². The van der Waals surface area contributed by atoms with E-state index in [0.717, 1.165) is 33.4 Å². The highest BCUT2D eigenvalue weighted by Crippen LogP contribution is 2.28. The molecule has 0 aliphatic rings. The number of pyridine rings is 1. The summed E-state index contributed by atoms with van der Waals surface area (Å²) in [7, 11) is 1.65. The largest absolute Gasteiger partial charge is 0.382 e. The third kappa shape index (κ3) is 12.0. The lowest BCUT2D eigenvalue weighted by atomic mass is 10.2. The first-order valence-corrected chi connectivity index (χ1v) is 14.8. The Morgan fingerprint density at radius 3 is 1.97 bits per heavy atom. The minimum atomic E-state index is 0.543. The maximum absolute atomic E-state index is 5.71. The molecule has 0 aliphatic heterocycles. The number of thioether (sulfide) groups is 2. The van der Waals surface area contributed by atoms with Crippen molar-refractivity contribution in [2.75, 3.05) is 85.5 Å². The quantitative estimate of drug-likeness (QED) is 0.140. The molecule has 2 heterocycles. The Morgan fingerprint density at radius 2 is 1.34 bits per heavy atom. The van der Waals surface area contributed by atoms with E-state index in [1.165, 1.54) is 10.5 Å². The Hall–Kier alpha value is -1.70. The molecule has 0 spiro atoms. The molecule has 1 aromatic carbocycles. The number of aromatic amines is 1. The molecule has 0 unspecified atom stereocenters. The average Bonchev–Trinajstić information content (AvgIpc) is 3.35. The topological polar surface area (TPSA) is 97.0 Å². The van der Waals surface area contributed by atoms with Crippen LogP contribution in [0.4, 0.5) is 0 Å². The Bertz CT molecular complexity index is 1010. The summed E-state index contributed by atoms with van der Waals surface area (Å²) in [6, 6.07) is 10.1. The standard InChI is InChI=1S/C27H39N3O6S2/c1-22-25(21-38-27-29-23-5-3-4-6-24(23)30-27)28-8-7-26(22)37-20-19-36-18-17-35-16-15-34-14-13-33-12-11-32-10-9-31-2/h3-8H,9-21H2,1-2H3,(H,29,30). The van der Waals surface area contributed by atoms with Crippen molar-refractivity contribution in [1.82, 2.24) is 15.0 Å². The summed E-state index contributed by atoms with van der Waals surface area (Å²) in [5.74, 6) is 1.65. The van der Waals surface area contributed by atoms with Crippen molar-refractivity contribution in [1.29, 1.82) is 0 Å². The van der Waals surface area contributed by atoms with Crippen LogP contribution in [0, 0.1) is 6.92 Å². The Morgan fingerprint density at radius 1 is 0.737 bits per heavy atom. The van der Waals surface area contributed by atoms with Crippen molar-refractivity contribution < 1.29 is 28.4 Å². The SMILES string of the molecule is COCCOCCOCCOCCOCCOCCSc1ccnc(CSc2nc3ccccc3[nH]2)c1C. The zero-order valence-corrected chi connectivity index (χ0v) is 23.9. The number of benzene rings is 1. The maximum Gasteiger partial charge on any atom is 0.166 e. The van der Waals surface area contributed by atoms with Crippen LogP contribution in [-0.2, 0) is 34.2 Å². The Labute approximate surface area is 233 Å². The molecule has 2 aromatic heterocycles. The highest BCUT2D eigenvalue weighted by atomic mass is 32.2. The molecule has 3 aromatic rings. The number of hydrogen-bond donors (Lipinski definition) is 1. The molecule has 0 saturated heterocycles. The third-order valence-corrected chi connectivity index (χ3v) is 7.39. The van der Waals surface area contributed by atoms with E-state index in [1.807, 2.05) is 30.5 Å². The molecule has 1 N–H and O–H groups in total. The van der Waals surface area contributed by atoms with E-state index in [2.05, 4.69) is 27.9 Å². The zero-order valence-electron chi connectivity index (χ0n) is 22.3. The lowest BCUT2D eigenvalue weighted by Crippen LogP contribution is -2.14. The molecule has 0 bridgehead atoms. The van der Waals surface area contributed by atoms with Crippen LogP contribution < -0.4 is 0 Å². The summed E-state index contributed by atoms with van der Waals surface area (Å²) in [6.07, 6.45) is 1.88. The van der Waals surface area contributed by atoms with Gasteiger partial charge in [-0.1, -0.05) is 23.9 Å². The molecule has 0 saturated carbocycles. The predicted molar refractivity (Wildman–Crippen MR) is 151 cm³/mol. The summed E-state index contributed by atoms with van der Waals surface area (Å²) in [5, 5.41) is 0.914. The van der Waals surface area contributed by atoms with Crippen LogP contribution in [0.3, 0.4) is 0 Å². The molecule has 0 radical (unpaired) electrons. The molecule has 0 aliphatic carbocycles. The van der Waals surface area contributed by atoms with Gasteiger partial charge in [0.1, 0.15) is 0 Å². The lowest BCUT2D eigenvalue weighted by molar-refractivity contribution is -0.0139. The highest BCUT2D eigenvalue weighted by Gasteiger charge is 2.09. The van der Waals surface area contributed by atoms with Gasteiger partial charge >= 0.3 is 0 Å². The minimum absolute atomic E-state index is 0.543. The molecule has 3 rings (SSSR count). The lowest BCUT2D eigenvalue weighted by Gasteiger charge is -2.10. The zero-order chi connectivity index (χ0) is 26.7. The second-order valence-corrected chi connectivity index (χ2v) is 10.2. The first-order valence-electron chi connectivity index (χ1n) is 12.8. The van der Waals surface area contributed by atoms with Crippen LogP contribution >= 0.6 is 23.5 Å². The number of nitrogens with zero attached hydrogens (tertiary/aromatic N) is 2. The number of nitrogens with one attached hydrogen (secondary N) is 1. The summed E-state index contributed by atoms with van der Waals surface area (Å²) >= 11 is 3.46. The van der Waals surface area contributed by atoms with Crippen molar-refractivity contribution in [2.24, 2.45) is 0 Å². The van der Waals surface area contributed by atoms with Gasteiger partial charge in [-0.15, -0.1) is 11.8 Å². The second-order valence-electron chi connectivity index (χ2n) is 8.13. The number of H-pyrrole nitrogens is 1. The summed E-state index contributed by atoms with van der Waals surface area (Å²) in [4.78, 5) is 13.8. The van der Waals surface area contributed by atoms with Crippen molar-refractivity contribution >= 4 is 34.6 Å². The highest BCUT2D eigenvalue weighted by molar-refractivity contribution is 7.99. The first kappa shape index (κ1) is 30.8. The number of aromatic nitrogens is 3. The van der Waals surface area contributed by atoms with Crippen LogP contribution in [0.5, 0.6) is 0 Å². The molecule has 0 fully saturated rings. The van der Waals surface area contributed by atoms with E-state index >= 15 is 0 Å². The van der Waals surface area contributed by atoms with E-state index in [-0.39, 0.29) is 0 Å². The third-order valence-electron chi connectivity index (χ3n) is 5.38. The van der Waals surface area contributed by atoms with Gasteiger partial charge in [-0.3, -0.25) is 4.98 Å². The van der Waals surface area contributed by atoms with Crippen molar-refractivity contribution in [3.8, 4) is 0 Å². The van der Waals surface area contributed by atoms with Gasteiger partial charge < -0.3 is 33.4 Å². The monoisotopic (exact) mass is 565 g/mol. The molecular weight excluding hydrogens is 526 g/mol. The fourth-order valence-corrected chi connectivity index (χ4v) is 5.15. The van der Waals surface area contributed by atoms with Crippen molar-refractivity contribution in [3.05, 3.63) is 47.8 Å². The Kier molecular flexibility index (Phi) is 15.7. The summed E-state index contributed by atoms with van der Waals surface area (Å²) in [6.45, 7) is 8.43. The molecule has 0 atom stereocenters. The number of methoxy groups -OCH3 is 1. The van der Waals surface area contributed by atoms with Crippen LogP contribution in [0.1, 0.15) is 11.3 Å². The number of rotatable bonds is 22. The maximum atomic E-state index is 5.71. The van der Waals surface area contributed by atoms with Gasteiger partial charge in [0.15, 0.2) is 5.16 Å². The molecule has 38 heavy (non-hydrogen) atoms. The van der Waals surface area contributed by atoms with Crippen molar-refractivity contribution in [3.63, 3.8) is 0 Å². The fraction of sp³-hybridized carbons (Fsp3) is 0.556. The van der Waals surface area contributed by atoms with E-state index < -0.39 is 0 Å². The van der Waals surface area contributed by atoms with E-state index in [0.29, 0.717) is 72.7 Å². The van der Waals surface area contributed by atoms with Gasteiger partial charge in [0.25, 0.3) is 0 Å². The van der Waals surface area contributed by atoms with E-state index in [4.69, 9.17) is 28.4 Å². The molecule has 210 valence electrons. The molecule has 11 heteroatoms. The van der Waals surface area contributed by atoms with Gasteiger partial charge in [-0.25, -0.2) is 4.98 Å². The van der Waals surface area contributed by atoms with Gasteiger partial charge in [-0.05, 0) is 30.7 Å². The smallest absolute Gasteiger partial charge is 0.166 e. The molecular formula is C27H39N3O6S2. The second kappa shape index (κ2) is 19.4. The number of para-hydroxylation sites is 2.